The molecule has 1 N–H and O–H groups in total. The van der Waals surface area contributed by atoms with Crippen LogP contribution in [0.25, 0.3) is 22.6 Å². The Labute approximate surface area is 171 Å². The Morgan fingerprint density at radius 3 is 2.79 bits per heavy atom. The third-order valence-corrected chi connectivity index (χ3v) is 5.08. The summed E-state index contributed by atoms with van der Waals surface area (Å²) in [5.74, 6) is 0.736. The number of furan rings is 1. The number of amides is 1. The molecule has 0 aliphatic rings. The van der Waals surface area contributed by atoms with E-state index in [1.54, 1.807) is 37.7 Å². The highest BCUT2D eigenvalue weighted by Crippen LogP contribution is 2.26. The molecule has 4 heterocycles. The zero-order chi connectivity index (χ0) is 20.5. The van der Waals surface area contributed by atoms with E-state index in [9.17, 15) is 4.79 Å². The fourth-order valence-electron chi connectivity index (χ4n) is 3.05. The monoisotopic (exact) mass is 408 g/mol. The predicted octanol–water partition coefficient (Wildman–Crippen LogP) is 4.34. The number of carbonyl (C=O) groups is 1. The molecule has 0 bridgehead atoms. The molecule has 4 aromatic rings. The quantitative estimate of drug-likeness (QED) is 0.387. The highest BCUT2D eigenvalue weighted by Gasteiger charge is 2.20. The van der Waals surface area contributed by atoms with E-state index in [-0.39, 0.29) is 11.9 Å². The minimum absolute atomic E-state index is 0.206. The minimum atomic E-state index is -0.282. The Kier molecular flexibility index (Phi) is 5.06. The van der Waals surface area contributed by atoms with Crippen molar-refractivity contribution in [2.75, 3.05) is 11.6 Å². The van der Waals surface area contributed by atoms with Gasteiger partial charge in [0.25, 0.3) is 5.91 Å². The van der Waals surface area contributed by atoms with E-state index < -0.39 is 0 Å². The van der Waals surface area contributed by atoms with Gasteiger partial charge in [-0.1, -0.05) is 0 Å². The summed E-state index contributed by atoms with van der Waals surface area (Å²) in [7, 11) is 0. The van der Waals surface area contributed by atoms with Crippen LogP contribution in [0.1, 0.15) is 35.9 Å². The van der Waals surface area contributed by atoms with Crippen LogP contribution < -0.4 is 5.32 Å². The first kappa shape index (κ1) is 19.1. The summed E-state index contributed by atoms with van der Waals surface area (Å²) in [4.78, 5) is 26.4. The second-order valence-electron chi connectivity index (χ2n) is 6.77. The maximum absolute atomic E-state index is 13.0. The third-order valence-electron chi connectivity index (χ3n) is 4.40. The van der Waals surface area contributed by atoms with E-state index in [2.05, 4.69) is 25.4 Å². The van der Waals surface area contributed by atoms with Gasteiger partial charge < -0.3 is 9.73 Å². The van der Waals surface area contributed by atoms with Gasteiger partial charge in [0.15, 0.2) is 17.2 Å². The smallest absolute Gasteiger partial charge is 0.260 e. The SMILES string of the molecule is CSc1nc(-c2ccco2)nc(C)c1C(=O)Nc1cnc2c(cnn2C(C)C)c1. The van der Waals surface area contributed by atoms with Crippen molar-refractivity contribution in [2.24, 2.45) is 0 Å². The lowest BCUT2D eigenvalue weighted by Crippen LogP contribution is -2.17. The molecule has 9 heteroatoms. The lowest BCUT2D eigenvalue weighted by atomic mass is 10.2. The van der Waals surface area contributed by atoms with E-state index in [1.807, 2.05) is 30.9 Å². The molecule has 0 atom stereocenters. The highest BCUT2D eigenvalue weighted by molar-refractivity contribution is 7.98. The van der Waals surface area contributed by atoms with Crippen molar-refractivity contribution in [3.8, 4) is 11.6 Å². The van der Waals surface area contributed by atoms with Crippen LogP contribution in [0.3, 0.4) is 0 Å². The molecule has 0 aromatic carbocycles. The molecule has 0 fully saturated rings. The molecule has 0 unspecified atom stereocenters. The fraction of sp³-hybridized carbons (Fsp3) is 0.250. The minimum Gasteiger partial charge on any atom is -0.461 e. The lowest BCUT2D eigenvalue weighted by molar-refractivity contribution is 0.102. The molecule has 1 amide bonds. The number of fused-ring (bicyclic) bond motifs is 1. The van der Waals surface area contributed by atoms with Crippen LogP contribution >= 0.6 is 11.8 Å². The van der Waals surface area contributed by atoms with E-state index in [0.29, 0.717) is 33.6 Å². The molecule has 0 spiro atoms. The van der Waals surface area contributed by atoms with Gasteiger partial charge in [-0.15, -0.1) is 11.8 Å². The van der Waals surface area contributed by atoms with Crippen LogP contribution in [0.15, 0.2) is 46.3 Å². The van der Waals surface area contributed by atoms with Crippen LogP contribution in [0.4, 0.5) is 5.69 Å². The summed E-state index contributed by atoms with van der Waals surface area (Å²) in [5.41, 5.74) is 2.39. The molecule has 0 saturated heterocycles. The summed E-state index contributed by atoms with van der Waals surface area (Å²) < 4.78 is 7.22. The number of anilines is 1. The van der Waals surface area contributed by atoms with Crippen molar-refractivity contribution in [3.05, 3.63) is 48.1 Å². The normalized spacial score (nSPS) is 11.3. The molecule has 0 aliphatic carbocycles. The first-order valence-corrected chi connectivity index (χ1v) is 10.3. The van der Waals surface area contributed by atoms with Crippen LogP contribution in [0.5, 0.6) is 0 Å². The summed E-state index contributed by atoms with van der Waals surface area (Å²) in [5, 5.41) is 8.71. The summed E-state index contributed by atoms with van der Waals surface area (Å²) in [6.45, 7) is 5.88. The van der Waals surface area contributed by atoms with Crippen molar-refractivity contribution in [1.82, 2.24) is 24.7 Å². The number of nitrogens with zero attached hydrogens (tertiary/aromatic N) is 5. The predicted molar refractivity (Wildman–Crippen MR) is 112 cm³/mol. The van der Waals surface area contributed by atoms with E-state index in [1.165, 1.54) is 11.8 Å². The van der Waals surface area contributed by atoms with Crippen molar-refractivity contribution in [2.45, 2.75) is 31.8 Å². The van der Waals surface area contributed by atoms with E-state index in [4.69, 9.17) is 4.42 Å². The van der Waals surface area contributed by atoms with Crippen molar-refractivity contribution in [3.63, 3.8) is 0 Å². The van der Waals surface area contributed by atoms with E-state index >= 15 is 0 Å². The maximum Gasteiger partial charge on any atom is 0.260 e. The van der Waals surface area contributed by atoms with E-state index in [0.717, 1.165) is 11.0 Å². The van der Waals surface area contributed by atoms with Gasteiger partial charge >= 0.3 is 0 Å². The largest absolute Gasteiger partial charge is 0.461 e. The van der Waals surface area contributed by atoms with Crippen LogP contribution in [-0.4, -0.2) is 36.9 Å². The molecule has 0 radical (unpaired) electrons. The lowest BCUT2D eigenvalue weighted by Gasteiger charge is -2.12. The molecule has 4 aromatic heterocycles. The zero-order valence-corrected chi connectivity index (χ0v) is 17.3. The van der Waals surface area contributed by atoms with Crippen molar-refractivity contribution >= 4 is 34.4 Å². The number of aryl methyl sites for hydroxylation is 1. The molecule has 29 heavy (non-hydrogen) atoms. The number of carbonyl (C=O) groups excluding carboxylic acids is 1. The summed E-state index contributed by atoms with van der Waals surface area (Å²) in [6.07, 6.45) is 6.82. The first-order chi connectivity index (χ1) is 14.0. The maximum atomic E-state index is 13.0. The van der Waals surface area contributed by atoms with Gasteiger partial charge in [0.05, 0.1) is 35.6 Å². The van der Waals surface area contributed by atoms with Gasteiger partial charge in [0, 0.05) is 11.4 Å². The third kappa shape index (κ3) is 3.61. The average molecular weight is 408 g/mol. The topological polar surface area (TPSA) is 98.7 Å². The van der Waals surface area contributed by atoms with Gasteiger partial charge in [-0.05, 0) is 45.2 Å². The van der Waals surface area contributed by atoms with Gasteiger partial charge in [-0.2, -0.15) is 5.10 Å². The summed E-state index contributed by atoms with van der Waals surface area (Å²) in [6, 6.07) is 5.63. The molecule has 0 aliphatic heterocycles. The second-order valence-corrected chi connectivity index (χ2v) is 7.56. The molecular formula is C20H20N6O2S. The van der Waals surface area contributed by atoms with Gasteiger partial charge in [0.2, 0.25) is 0 Å². The number of rotatable bonds is 5. The summed E-state index contributed by atoms with van der Waals surface area (Å²) >= 11 is 1.39. The van der Waals surface area contributed by atoms with Crippen molar-refractivity contribution < 1.29 is 9.21 Å². The van der Waals surface area contributed by atoms with Gasteiger partial charge in [-0.3, -0.25) is 4.79 Å². The Hall–Kier alpha value is -3.20. The zero-order valence-electron chi connectivity index (χ0n) is 16.5. The number of hydrogen-bond acceptors (Lipinski definition) is 7. The average Bonchev–Trinajstić information content (AvgIpc) is 3.36. The number of pyridine rings is 1. The molecule has 0 saturated carbocycles. The Balaban J connectivity index is 1.65. The van der Waals surface area contributed by atoms with Crippen LogP contribution in [0.2, 0.25) is 0 Å². The Morgan fingerprint density at radius 1 is 1.28 bits per heavy atom. The Bertz CT molecular complexity index is 1180. The highest BCUT2D eigenvalue weighted by atomic mass is 32.2. The number of nitrogens with one attached hydrogen (secondary N) is 1. The first-order valence-electron chi connectivity index (χ1n) is 9.09. The number of thioether (sulfide) groups is 1. The second kappa shape index (κ2) is 7.67. The van der Waals surface area contributed by atoms with Crippen molar-refractivity contribution in [1.29, 1.82) is 0 Å². The fourth-order valence-corrected chi connectivity index (χ4v) is 3.67. The van der Waals surface area contributed by atoms with Gasteiger partial charge in [0.1, 0.15) is 5.03 Å². The molecule has 148 valence electrons. The molecule has 4 rings (SSSR count). The Morgan fingerprint density at radius 2 is 2.10 bits per heavy atom. The molecular weight excluding hydrogens is 388 g/mol. The standard InChI is InChI=1S/C20H20N6O2S/c1-11(2)26-18-13(9-22-26)8-14(10-21-18)24-19(27)16-12(3)23-17(25-20(16)29-4)15-6-5-7-28-15/h5-11H,1-4H3,(H,24,27). The van der Waals surface area contributed by atoms with Gasteiger partial charge in [-0.25, -0.2) is 19.6 Å². The number of aromatic nitrogens is 5. The van der Waals surface area contributed by atoms with Crippen LogP contribution in [0, 0.1) is 6.92 Å². The molecule has 8 nitrogen and oxygen atoms in total. The number of hydrogen-bond donors (Lipinski definition) is 1. The van der Waals surface area contributed by atoms with Crippen LogP contribution in [-0.2, 0) is 0 Å².